The minimum atomic E-state index is -0.401. The number of benzene rings is 2. The number of ketones is 1. The average Bonchev–Trinajstić information content (AvgIpc) is 3.11. The molecule has 2 aromatic carbocycles. The number of hydrogen-bond acceptors (Lipinski definition) is 4. The molecule has 1 amide bonds. The molecule has 0 N–H and O–H groups in total. The molecule has 1 aliphatic carbocycles. The summed E-state index contributed by atoms with van der Waals surface area (Å²) in [5.74, 6) is 1.60. The van der Waals surface area contributed by atoms with E-state index in [1.165, 1.54) is 0 Å². The Balaban J connectivity index is 1.49. The molecule has 34 heavy (non-hydrogen) atoms. The van der Waals surface area contributed by atoms with E-state index in [1.54, 1.807) is 7.11 Å². The molecule has 0 bridgehead atoms. The molecule has 5 atom stereocenters. The van der Waals surface area contributed by atoms with Crippen LogP contribution in [-0.2, 0) is 20.7 Å². The Bertz CT molecular complexity index is 1120. The van der Waals surface area contributed by atoms with Crippen molar-refractivity contribution < 1.29 is 19.1 Å². The Morgan fingerprint density at radius 1 is 1.00 bits per heavy atom. The van der Waals surface area contributed by atoms with Crippen LogP contribution in [0.1, 0.15) is 49.4 Å². The molecular formula is C29H33NO4. The molecule has 3 aliphatic rings. The SMILES string of the molecule is COc1ccc(CCN2C(=O)C3=C(C(=O)C4CC(C)CC(C)C4O3)C2c2ccc(C)cc2)cc1. The summed E-state index contributed by atoms with van der Waals surface area (Å²) in [4.78, 5) is 29.4. The van der Waals surface area contributed by atoms with Crippen LogP contribution in [0.4, 0.5) is 0 Å². The summed E-state index contributed by atoms with van der Waals surface area (Å²) >= 11 is 0. The monoisotopic (exact) mass is 459 g/mol. The molecule has 178 valence electrons. The second-order valence-electron chi connectivity index (χ2n) is 10.3. The Labute approximate surface area is 201 Å². The fourth-order valence-corrected chi connectivity index (χ4v) is 5.99. The molecule has 0 saturated heterocycles. The summed E-state index contributed by atoms with van der Waals surface area (Å²) in [5, 5.41) is 0. The fraction of sp³-hybridized carbons (Fsp3) is 0.448. The molecule has 0 radical (unpaired) electrons. The van der Waals surface area contributed by atoms with Crippen LogP contribution in [-0.4, -0.2) is 36.3 Å². The first kappa shape index (κ1) is 22.7. The standard InChI is InChI=1S/C29H33NO4/c1-17-5-9-21(10-6-17)25-24-26(31)23-16-18(2)15-19(3)27(23)34-28(24)29(32)30(25)14-13-20-7-11-22(33-4)12-8-20/h5-12,18-19,23,25,27H,13-16H2,1-4H3. The quantitative estimate of drug-likeness (QED) is 0.629. The molecule has 5 unspecified atom stereocenters. The third kappa shape index (κ3) is 3.91. The van der Waals surface area contributed by atoms with Crippen molar-refractivity contribution in [2.24, 2.45) is 17.8 Å². The van der Waals surface area contributed by atoms with Crippen LogP contribution in [0.3, 0.4) is 0 Å². The number of amides is 1. The van der Waals surface area contributed by atoms with Crippen LogP contribution in [0.5, 0.6) is 5.75 Å². The van der Waals surface area contributed by atoms with Crippen LogP contribution >= 0.6 is 0 Å². The van der Waals surface area contributed by atoms with Crippen LogP contribution in [0.15, 0.2) is 59.9 Å². The minimum Gasteiger partial charge on any atom is -0.497 e. The maximum absolute atomic E-state index is 13.9. The van der Waals surface area contributed by atoms with Crippen LogP contribution < -0.4 is 4.74 Å². The zero-order valence-electron chi connectivity index (χ0n) is 20.4. The second-order valence-corrected chi connectivity index (χ2v) is 10.3. The summed E-state index contributed by atoms with van der Waals surface area (Å²) in [7, 11) is 1.65. The second kappa shape index (κ2) is 8.94. The third-order valence-electron chi connectivity index (χ3n) is 7.72. The van der Waals surface area contributed by atoms with Crippen molar-refractivity contribution in [1.82, 2.24) is 4.90 Å². The number of rotatable bonds is 5. The van der Waals surface area contributed by atoms with Gasteiger partial charge in [-0.05, 0) is 61.3 Å². The molecule has 1 saturated carbocycles. The van der Waals surface area contributed by atoms with Crippen LogP contribution in [0.2, 0.25) is 0 Å². The highest BCUT2D eigenvalue weighted by molar-refractivity contribution is 6.11. The van der Waals surface area contributed by atoms with Crippen molar-refractivity contribution in [3.05, 3.63) is 76.6 Å². The molecule has 2 heterocycles. The van der Waals surface area contributed by atoms with Gasteiger partial charge in [0.2, 0.25) is 0 Å². The maximum atomic E-state index is 13.9. The van der Waals surface area contributed by atoms with E-state index in [0.29, 0.717) is 24.5 Å². The van der Waals surface area contributed by atoms with E-state index in [2.05, 4.69) is 13.8 Å². The summed E-state index contributed by atoms with van der Waals surface area (Å²) in [5.41, 5.74) is 3.79. The largest absolute Gasteiger partial charge is 0.497 e. The lowest BCUT2D eigenvalue weighted by molar-refractivity contribution is -0.138. The van der Waals surface area contributed by atoms with E-state index < -0.39 is 6.04 Å². The van der Waals surface area contributed by atoms with Crippen LogP contribution in [0, 0.1) is 24.7 Å². The molecule has 5 rings (SSSR count). The first-order valence-electron chi connectivity index (χ1n) is 12.3. The summed E-state index contributed by atoms with van der Waals surface area (Å²) in [6, 6.07) is 15.7. The molecule has 2 aromatic rings. The minimum absolute atomic E-state index is 0.107. The zero-order chi connectivity index (χ0) is 24.0. The van der Waals surface area contributed by atoms with Crippen molar-refractivity contribution in [1.29, 1.82) is 0 Å². The Hall–Kier alpha value is -3.08. The topological polar surface area (TPSA) is 55.8 Å². The smallest absolute Gasteiger partial charge is 0.290 e. The highest BCUT2D eigenvalue weighted by Crippen LogP contribution is 2.48. The molecular weight excluding hydrogens is 426 g/mol. The van der Waals surface area contributed by atoms with Gasteiger partial charge in [-0.15, -0.1) is 0 Å². The van der Waals surface area contributed by atoms with Gasteiger partial charge < -0.3 is 14.4 Å². The van der Waals surface area contributed by atoms with Crippen molar-refractivity contribution in [2.75, 3.05) is 13.7 Å². The predicted octanol–water partition coefficient (Wildman–Crippen LogP) is 5.03. The number of fused-ring (bicyclic) bond motifs is 1. The highest BCUT2D eigenvalue weighted by atomic mass is 16.5. The molecule has 5 heteroatoms. The lowest BCUT2D eigenvalue weighted by atomic mass is 9.70. The molecule has 1 fully saturated rings. The normalized spacial score (nSPS) is 28.5. The van der Waals surface area contributed by atoms with Gasteiger partial charge in [0.05, 0.1) is 24.6 Å². The number of methoxy groups -OCH3 is 1. The number of aryl methyl sites for hydroxylation is 1. The maximum Gasteiger partial charge on any atom is 0.290 e. The van der Waals surface area contributed by atoms with E-state index >= 15 is 0 Å². The molecule has 5 nitrogen and oxygen atoms in total. The number of carbonyl (C=O) groups is 2. The number of ether oxygens (including phenoxy) is 2. The predicted molar refractivity (Wildman–Crippen MR) is 130 cm³/mol. The van der Waals surface area contributed by atoms with Gasteiger partial charge in [0, 0.05) is 6.54 Å². The average molecular weight is 460 g/mol. The lowest BCUT2D eigenvalue weighted by Crippen LogP contribution is -2.45. The van der Waals surface area contributed by atoms with Crippen molar-refractivity contribution in [3.8, 4) is 5.75 Å². The fourth-order valence-electron chi connectivity index (χ4n) is 5.99. The van der Waals surface area contributed by atoms with Gasteiger partial charge in [-0.1, -0.05) is 55.8 Å². The molecule has 0 aromatic heterocycles. The Morgan fingerprint density at radius 3 is 2.38 bits per heavy atom. The van der Waals surface area contributed by atoms with Gasteiger partial charge in [-0.25, -0.2) is 0 Å². The van der Waals surface area contributed by atoms with Crippen molar-refractivity contribution in [2.45, 2.75) is 52.2 Å². The van der Waals surface area contributed by atoms with Crippen molar-refractivity contribution >= 4 is 11.7 Å². The van der Waals surface area contributed by atoms with Gasteiger partial charge in [0.1, 0.15) is 11.9 Å². The zero-order valence-corrected chi connectivity index (χ0v) is 20.4. The lowest BCUT2D eigenvalue weighted by Gasteiger charge is -2.41. The number of Topliss-reactive ketones (excluding diaryl/α,β-unsaturated/α-hetero) is 1. The summed E-state index contributed by atoms with van der Waals surface area (Å²) in [6.07, 6.45) is 2.33. The van der Waals surface area contributed by atoms with Gasteiger partial charge in [-0.3, -0.25) is 9.59 Å². The summed E-state index contributed by atoms with van der Waals surface area (Å²) in [6.45, 7) is 6.90. The van der Waals surface area contributed by atoms with Gasteiger partial charge in [-0.2, -0.15) is 0 Å². The van der Waals surface area contributed by atoms with E-state index in [-0.39, 0.29) is 35.4 Å². The number of nitrogens with zero attached hydrogens (tertiary/aromatic N) is 1. The first-order chi connectivity index (χ1) is 16.4. The van der Waals surface area contributed by atoms with E-state index in [0.717, 1.165) is 35.3 Å². The third-order valence-corrected chi connectivity index (χ3v) is 7.72. The van der Waals surface area contributed by atoms with Gasteiger partial charge >= 0.3 is 0 Å². The molecule has 0 spiro atoms. The van der Waals surface area contributed by atoms with Crippen molar-refractivity contribution in [3.63, 3.8) is 0 Å². The number of hydrogen-bond donors (Lipinski definition) is 0. The van der Waals surface area contributed by atoms with Gasteiger partial charge in [0.15, 0.2) is 11.5 Å². The first-order valence-corrected chi connectivity index (χ1v) is 12.3. The van der Waals surface area contributed by atoms with E-state index in [1.807, 2.05) is 60.4 Å². The highest BCUT2D eigenvalue weighted by Gasteiger charge is 2.53. The molecule has 2 aliphatic heterocycles. The van der Waals surface area contributed by atoms with E-state index in [4.69, 9.17) is 9.47 Å². The Morgan fingerprint density at radius 2 is 1.71 bits per heavy atom. The Kier molecular flexibility index (Phi) is 5.97. The van der Waals surface area contributed by atoms with Crippen LogP contribution in [0.25, 0.3) is 0 Å². The summed E-state index contributed by atoms with van der Waals surface area (Å²) < 4.78 is 11.7. The number of carbonyl (C=O) groups excluding carboxylic acids is 2. The van der Waals surface area contributed by atoms with Gasteiger partial charge in [0.25, 0.3) is 5.91 Å². The van der Waals surface area contributed by atoms with E-state index in [9.17, 15) is 9.59 Å².